The van der Waals surface area contributed by atoms with Crippen molar-refractivity contribution in [2.24, 2.45) is 0 Å². The monoisotopic (exact) mass is 315 g/mol. The molecule has 0 aliphatic carbocycles. The maximum absolute atomic E-state index is 11.7. The Kier molecular flexibility index (Phi) is 3.36. The highest BCUT2D eigenvalue weighted by Crippen LogP contribution is 2.38. The van der Waals surface area contributed by atoms with Gasteiger partial charge in [0.05, 0.1) is 24.9 Å². The zero-order valence-electron chi connectivity index (χ0n) is 10.9. The lowest BCUT2D eigenvalue weighted by atomic mass is 10.0. The molecule has 2 aromatic heterocycles. The molecule has 1 aliphatic rings. The molecule has 3 heterocycles. The number of hydrogen-bond donors (Lipinski definition) is 4. The van der Waals surface area contributed by atoms with Crippen LogP contribution in [0.25, 0.3) is 11.2 Å². The summed E-state index contributed by atoms with van der Waals surface area (Å²) in [5.74, 6) is -0.109. The van der Waals surface area contributed by atoms with Crippen molar-refractivity contribution in [1.29, 1.82) is 0 Å². The van der Waals surface area contributed by atoms with Crippen LogP contribution in [-0.2, 0) is 4.74 Å². The van der Waals surface area contributed by atoms with E-state index in [0.717, 1.165) is 0 Å². The van der Waals surface area contributed by atoms with Gasteiger partial charge in [0.25, 0.3) is 5.56 Å². The Morgan fingerprint density at radius 1 is 1.67 bits per heavy atom. The Labute approximate surface area is 123 Å². The first-order chi connectivity index (χ1) is 10.0. The van der Waals surface area contributed by atoms with Gasteiger partial charge in [-0.1, -0.05) is 0 Å². The second-order valence-electron chi connectivity index (χ2n) is 4.96. The number of fused-ring (bicyclic) bond motifs is 1. The molecule has 21 heavy (non-hydrogen) atoms. The summed E-state index contributed by atoms with van der Waals surface area (Å²) in [6.45, 7) is -0.420. The summed E-state index contributed by atoms with van der Waals surface area (Å²) in [6, 6.07) is 0. The van der Waals surface area contributed by atoms with Gasteiger partial charge in [0.15, 0.2) is 11.2 Å². The molecule has 1 saturated heterocycles. The number of imidazole rings is 1. The van der Waals surface area contributed by atoms with E-state index in [1.54, 1.807) is 0 Å². The van der Waals surface area contributed by atoms with E-state index in [4.69, 9.17) is 22.1 Å². The van der Waals surface area contributed by atoms with Gasteiger partial charge in [0.1, 0.15) is 11.8 Å². The Balaban J connectivity index is 2.05. The van der Waals surface area contributed by atoms with Crippen molar-refractivity contribution in [3.63, 3.8) is 0 Å². The molecule has 0 saturated carbocycles. The summed E-state index contributed by atoms with van der Waals surface area (Å²) >= 11 is 5.79. The lowest BCUT2D eigenvalue weighted by Crippen LogP contribution is -2.45. The minimum Gasteiger partial charge on any atom is -0.393 e. The molecule has 0 aromatic carbocycles. The highest BCUT2D eigenvalue weighted by molar-refractivity contribution is 6.18. The van der Waals surface area contributed by atoms with Gasteiger partial charge in [-0.2, -0.15) is 4.98 Å². The summed E-state index contributed by atoms with van der Waals surface area (Å²) in [5.41, 5.74) is 4.19. The number of anilines is 1. The number of nitrogen functional groups attached to an aromatic ring is 1. The van der Waals surface area contributed by atoms with Crippen LogP contribution in [0, 0.1) is 0 Å². The average molecular weight is 316 g/mol. The van der Waals surface area contributed by atoms with Crippen molar-refractivity contribution < 1.29 is 14.9 Å². The minimum atomic E-state index is -1.24. The van der Waals surface area contributed by atoms with Gasteiger partial charge in [-0.25, -0.2) is 4.98 Å². The molecule has 9 nitrogen and oxygen atoms in total. The topological polar surface area (TPSA) is 139 Å². The molecule has 0 unspecified atom stereocenters. The number of ether oxygens (including phenoxy) is 1. The maximum Gasteiger partial charge on any atom is 0.280 e. The number of nitrogens with one attached hydrogen (secondary N) is 1. The predicted molar refractivity (Wildman–Crippen MR) is 73.8 cm³/mol. The lowest BCUT2D eigenvalue weighted by Gasteiger charge is -2.27. The van der Waals surface area contributed by atoms with E-state index in [1.165, 1.54) is 10.9 Å². The first-order valence-corrected chi connectivity index (χ1v) is 6.79. The van der Waals surface area contributed by atoms with Gasteiger partial charge < -0.3 is 20.7 Å². The fourth-order valence-corrected chi connectivity index (χ4v) is 2.76. The van der Waals surface area contributed by atoms with Crippen molar-refractivity contribution in [1.82, 2.24) is 19.5 Å². The molecule has 10 heteroatoms. The fourth-order valence-electron chi connectivity index (χ4n) is 2.43. The summed E-state index contributed by atoms with van der Waals surface area (Å²) in [6.07, 6.45) is -0.0233. The first kappa shape index (κ1) is 14.3. The van der Waals surface area contributed by atoms with E-state index in [9.17, 15) is 15.0 Å². The normalized spacial score (nSPS) is 29.3. The number of alkyl halides is 1. The number of aromatic nitrogens is 4. The number of nitrogens with two attached hydrogens (primary N) is 1. The van der Waals surface area contributed by atoms with Crippen LogP contribution in [0.1, 0.15) is 12.6 Å². The fraction of sp³-hybridized carbons (Fsp3) is 0.545. The third-order valence-corrected chi connectivity index (χ3v) is 4.11. The number of halogens is 1. The number of aliphatic hydroxyl groups excluding tert-OH is 2. The van der Waals surface area contributed by atoms with Crippen LogP contribution in [0.4, 0.5) is 5.95 Å². The minimum absolute atomic E-state index is 0.0430. The van der Waals surface area contributed by atoms with E-state index in [-0.39, 0.29) is 29.4 Å². The van der Waals surface area contributed by atoms with Gasteiger partial charge in [-0.05, 0) is 0 Å². The van der Waals surface area contributed by atoms with E-state index in [0.29, 0.717) is 0 Å². The second kappa shape index (κ2) is 4.95. The van der Waals surface area contributed by atoms with Crippen LogP contribution >= 0.6 is 11.6 Å². The van der Waals surface area contributed by atoms with Crippen LogP contribution in [0.15, 0.2) is 11.1 Å². The van der Waals surface area contributed by atoms with Gasteiger partial charge in [0.2, 0.25) is 5.95 Å². The summed E-state index contributed by atoms with van der Waals surface area (Å²) in [7, 11) is 0. The van der Waals surface area contributed by atoms with Gasteiger partial charge in [0, 0.05) is 6.42 Å². The quantitative estimate of drug-likeness (QED) is 0.530. The van der Waals surface area contributed by atoms with Crippen LogP contribution in [0.3, 0.4) is 0 Å². The van der Waals surface area contributed by atoms with E-state index in [1.807, 2.05) is 0 Å². The first-order valence-electron chi connectivity index (χ1n) is 6.26. The van der Waals surface area contributed by atoms with Crippen LogP contribution < -0.4 is 11.3 Å². The largest absolute Gasteiger partial charge is 0.393 e. The number of aromatic amines is 1. The molecule has 3 rings (SSSR count). The molecule has 5 N–H and O–H groups in total. The lowest BCUT2D eigenvalue weighted by molar-refractivity contribution is -0.112. The molecule has 114 valence electrons. The number of rotatable bonds is 3. The number of hydrogen-bond acceptors (Lipinski definition) is 7. The highest BCUT2D eigenvalue weighted by atomic mass is 35.5. The van der Waals surface area contributed by atoms with Crippen LogP contribution in [-0.4, -0.2) is 53.9 Å². The second-order valence-corrected chi connectivity index (χ2v) is 5.22. The summed E-state index contributed by atoms with van der Waals surface area (Å²) in [4.78, 5) is 22.1. The number of nitrogens with zero attached hydrogens (tertiary/aromatic N) is 3. The zero-order valence-corrected chi connectivity index (χ0v) is 11.6. The number of aliphatic hydroxyl groups is 2. The Hall–Kier alpha value is -1.68. The van der Waals surface area contributed by atoms with Gasteiger partial charge in [-0.15, -0.1) is 11.6 Å². The smallest absolute Gasteiger partial charge is 0.280 e. The molecule has 2 aromatic rings. The number of H-pyrrole nitrogens is 1. The maximum atomic E-state index is 11.7. The molecule has 1 aliphatic heterocycles. The SMILES string of the molecule is Nc1nc2c(ncn2[C@H]2C[C@H](O)[C@](CO)(CCl)O2)c(=O)[nH]1. The van der Waals surface area contributed by atoms with Crippen molar-refractivity contribution in [2.75, 3.05) is 18.2 Å². The predicted octanol–water partition coefficient (Wildman–Crippen LogP) is -1.05. The summed E-state index contributed by atoms with van der Waals surface area (Å²) < 4.78 is 7.18. The Morgan fingerprint density at radius 3 is 3.05 bits per heavy atom. The van der Waals surface area contributed by atoms with Crippen molar-refractivity contribution >= 4 is 28.7 Å². The molecule has 0 amide bonds. The van der Waals surface area contributed by atoms with Crippen molar-refractivity contribution in [2.45, 2.75) is 24.4 Å². The molecular formula is C11H14ClN5O4. The molecule has 0 radical (unpaired) electrons. The standard InChI is InChI=1S/C11H14ClN5O4/c12-2-11(3-18)5(19)1-6(21-11)17-4-14-7-8(17)15-10(13)16-9(7)20/h4-6,18-19H,1-3H2,(H3,13,15,16,20)/t5-,6+,11+/m0/s1. The van der Waals surface area contributed by atoms with E-state index >= 15 is 0 Å². The molecule has 3 atom stereocenters. The van der Waals surface area contributed by atoms with Gasteiger partial charge >= 0.3 is 0 Å². The Bertz CT molecular complexity index is 725. The molecule has 1 fully saturated rings. The van der Waals surface area contributed by atoms with E-state index in [2.05, 4.69) is 15.0 Å². The third-order valence-electron chi connectivity index (χ3n) is 3.66. The molecular weight excluding hydrogens is 302 g/mol. The summed E-state index contributed by atoms with van der Waals surface area (Å²) in [5, 5.41) is 19.5. The van der Waals surface area contributed by atoms with Crippen LogP contribution in [0.5, 0.6) is 0 Å². The van der Waals surface area contributed by atoms with Gasteiger partial charge in [-0.3, -0.25) is 14.3 Å². The van der Waals surface area contributed by atoms with Crippen LogP contribution in [0.2, 0.25) is 0 Å². The average Bonchev–Trinajstić information content (AvgIpc) is 3.00. The molecule has 0 spiro atoms. The van der Waals surface area contributed by atoms with Crippen molar-refractivity contribution in [3.05, 3.63) is 16.7 Å². The highest BCUT2D eigenvalue weighted by Gasteiger charge is 2.48. The molecule has 0 bridgehead atoms. The van der Waals surface area contributed by atoms with Crippen molar-refractivity contribution in [3.8, 4) is 0 Å². The third kappa shape index (κ3) is 2.09. The van der Waals surface area contributed by atoms with E-state index < -0.39 is 30.1 Å². The Morgan fingerprint density at radius 2 is 2.43 bits per heavy atom. The zero-order chi connectivity index (χ0) is 15.2.